The zero-order valence-electron chi connectivity index (χ0n) is 14.6. The van der Waals surface area contributed by atoms with Crippen molar-refractivity contribution in [3.05, 3.63) is 32.7 Å². The van der Waals surface area contributed by atoms with Crippen molar-refractivity contribution in [1.29, 1.82) is 0 Å². The molecule has 1 saturated heterocycles. The molecule has 0 bridgehead atoms. The number of nitrogens with one attached hydrogen (secondary N) is 1. The van der Waals surface area contributed by atoms with Crippen molar-refractivity contribution in [2.45, 2.75) is 45.8 Å². The third-order valence-electron chi connectivity index (χ3n) is 4.01. The van der Waals surface area contributed by atoms with Gasteiger partial charge in [0.25, 0.3) is 0 Å². The molecule has 0 atom stereocenters. The Morgan fingerprint density at radius 1 is 1.25 bits per heavy atom. The fourth-order valence-corrected chi connectivity index (χ4v) is 3.39. The van der Waals surface area contributed by atoms with Crippen LogP contribution in [0.3, 0.4) is 0 Å². The van der Waals surface area contributed by atoms with Crippen LogP contribution in [0.15, 0.2) is 27.1 Å². The summed E-state index contributed by atoms with van der Waals surface area (Å²) in [5.41, 5.74) is 0.838. The summed E-state index contributed by atoms with van der Waals surface area (Å²) in [5, 5.41) is 3.53. The van der Waals surface area contributed by atoms with Crippen molar-refractivity contribution < 1.29 is 9.53 Å². The Morgan fingerprint density at radius 2 is 1.92 bits per heavy atom. The van der Waals surface area contributed by atoms with E-state index in [2.05, 4.69) is 55.4 Å². The second kappa shape index (κ2) is 8.68. The molecule has 24 heavy (non-hydrogen) atoms. The molecule has 0 unspecified atom stereocenters. The first-order chi connectivity index (χ1) is 11.2. The zero-order chi connectivity index (χ0) is 17.7. The SMILES string of the molecule is CC(C)(C)OC(=O)N1CCC(CNCc2ccc(Br)c(Br)c2)CC1. The van der Waals surface area contributed by atoms with Crippen molar-refractivity contribution >= 4 is 38.0 Å². The predicted molar refractivity (Wildman–Crippen MR) is 104 cm³/mol. The molecule has 4 nitrogen and oxygen atoms in total. The number of carbonyl (C=O) groups is 1. The van der Waals surface area contributed by atoms with Gasteiger partial charge in [0, 0.05) is 28.6 Å². The molecular formula is C18H26Br2N2O2. The van der Waals surface area contributed by atoms with Crippen molar-refractivity contribution in [2.75, 3.05) is 19.6 Å². The van der Waals surface area contributed by atoms with Crippen LogP contribution in [0.1, 0.15) is 39.2 Å². The second-order valence-electron chi connectivity index (χ2n) is 7.29. The normalized spacial score (nSPS) is 16.3. The number of hydrogen-bond donors (Lipinski definition) is 1. The highest BCUT2D eigenvalue weighted by molar-refractivity contribution is 9.13. The van der Waals surface area contributed by atoms with Crippen molar-refractivity contribution in [3.63, 3.8) is 0 Å². The molecular weight excluding hydrogens is 436 g/mol. The Hall–Kier alpha value is -0.590. The average Bonchev–Trinajstić information content (AvgIpc) is 2.50. The lowest BCUT2D eigenvalue weighted by atomic mass is 9.97. The lowest BCUT2D eigenvalue weighted by Gasteiger charge is -2.33. The van der Waals surface area contributed by atoms with Crippen molar-refractivity contribution in [3.8, 4) is 0 Å². The van der Waals surface area contributed by atoms with Gasteiger partial charge in [-0.2, -0.15) is 0 Å². The van der Waals surface area contributed by atoms with Crippen LogP contribution >= 0.6 is 31.9 Å². The topological polar surface area (TPSA) is 41.6 Å². The molecule has 1 aliphatic heterocycles. The molecule has 0 saturated carbocycles. The highest BCUT2D eigenvalue weighted by Crippen LogP contribution is 2.24. The highest BCUT2D eigenvalue weighted by atomic mass is 79.9. The maximum Gasteiger partial charge on any atom is 0.410 e. The van der Waals surface area contributed by atoms with Crippen molar-refractivity contribution in [2.24, 2.45) is 5.92 Å². The van der Waals surface area contributed by atoms with Gasteiger partial charge in [0.1, 0.15) is 5.60 Å². The van der Waals surface area contributed by atoms with Crippen LogP contribution in [0.25, 0.3) is 0 Å². The van der Waals surface area contributed by atoms with Crippen LogP contribution in [0.2, 0.25) is 0 Å². The van der Waals surface area contributed by atoms with Crippen LogP contribution in [-0.4, -0.2) is 36.2 Å². The second-order valence-corrected chi connectivity index (χ2v) is 9.00. The number of ether oxygens (including phenoxy) is 1. The first-order valence-corrected chi connectivity index (χ1v) is 9.96. The van der Waals surface area contributed by atoms with E-state index in [1.54, 1.807) is 0 Å². The average molecular weight is 462 g/mol. The molecule has 0 radical (unpaired) electrons. The summed E-state index contributed by atoms with van der Waals surface area (Å²) in [6.07, 6.45) is 1.86. The molecule has 1 aromatic carbocycles. The molecule has 6 heteroatoms. The Bertz CT molecular complexity index is 565. The van der Waals surface area contributed by atoms with E-state index in [0.717, 1.165) is 48.0 Å². The molecule has 0 spiro atoms. The molecule has 1 fully saturated rings. The van der Waals surface area contributed by atoms with Gasteiger partial charge in [0.15, 0.2) is 0 Å². The lowest BCUT2D eigenvalue weighted by Crippen LogP contribution is -2.43. The minimum absolute atomic E-state index is 0.186. The molecule has 1 heterocycles. The summed E-state index contributed by atoms with van der Waals surface area (Å²) in [4.78, 5) is 13.9. The summed E-state index contributed by atoms with van der Waals surface area (Å²) in [6, 6.07) is 6.30. The lowest BCUT2D eigenvalue weighted by molar-refractivity contribution is 0.0184. The maximum absolute atomic E-state index is 12.1. The van der Waals surface area contributed by atoms with E-state index in [1.165, 1.54) is 5.56 Å². The van der Waals surface area contributed by atoms with E-state index < -0.39 is 5.60 Å². The van der Waals surface area contributed by atoms with E-state index in [4.69, 9.17) is 4.74 Å². The molecule has 1 N–H and O–H groups in total. The number of halogens is 2. The number of hydrogen-bond acceptors (Lipinski definition) is 3. The summed E-state index contributed by atoms with van der Waals surface area (Å²) in [5.74, 6) is 0.613. The van der Waals surface area contributed by atoms with Crippen LogP contribution in [0.4, 0.5) is 4.79 Å². The number of amides is 1. The number of nitrogens with zero attached hydrogens (tertiary/aromatic N) is 1. The number of piperidine rings is 1. The van der Waals surface area contributed by atoms with Crippen LogP contribution in [-0.2, 0) is 11.3 Å². The molecule has 2 rings (SSSR count). The molecule has 0 aromatic heterocycles. The molecule has 1 aromatic rings. The number of carbonyl (C=O) groups excluding carboxylic acids is 1. The van der Waals surface area contributed by atoms with Gasteiger partial charge >= 0.3 is 6.09 Å². The van der Waals surface area contributed by atoms with E-state index in [9.17, 15) is 4.79 Å². The van der Waals surface area contributed by atoms with Gasteiger partial charge in [-0.3, -0.25) is 0 Å². The Labute approximate surface area is 161 Å². The minimum atomic E-state index is -0.422. The quantitative estimate of drug-likeness (QED) is 0.689. The van der Waals surface area contributed by atoms with E-state index in [1.807, 2.05) is 25.7 Å². The molecule has 1 aliphatic rings. The Kier molecular flexibility index (Phi) is 7.13. The summed E-state index contributed by atoms with van der Waals surface area (Å²) in [6.45, 7) is 9.12. The summed E-state index contributed by atoms with van der Waals surface area (Å²) in [7, 11) is 0. The van der Waals surface area contributed by atoms with Gasteiger partial charge < -0.3 is 15.0 Å². The first kappa shape index (κ1) is 19.7. The van der Waals surface area contributed by atoms with Gasteiger partial charge in [-0.25, -0.2) is 4.79 Å². The Balaban J connectivity index is 1.69. The van der Waals surface area contributed by atoms with Gasteiger partial charge in [-0.15, -0.1) is 0 Å². The Morgan fingerprint density at radius 3 is 2.50 bits per heavy atom. The monoisotopic (exact) mass is 460 g/mol. The van der Waals surface area contributed by atoms with E-state index in [0.29, 0.717) is 5.92 Å². The highest BCUT2D eigenvalue weighted by Gasteiger charge is 2.26. The largest absolute Gasteiger partial charge is 0.444 e. The summed E-state index contributed by atoms with van der Waals surface area (Å²) >= 11 is 7.02. The number of rotatable bonds is 4. The van der Waals surface area contributed by atoms with Crippen LogP contribution in [0, 0.1) is 5.92 Å². The fourth-order valence-electron chi connectivity index (χ4n) is 2.72. The van der Waals surface area contributed by atoms with Gasteiger partial charge in [0.05, 0.1) is 0 Å². The van der Waals surface area contributed by atoms with Crippen LogP contribution < -0.4 is 5.32 Å². The third-order valence-corrected chi connectivity index (χ3v) is 5.89. The standard InChI is InChI=1S/C18H26Br2N2O2/c1-18(2,3)24-17(23)22-8-6-13(7-9-22)11-21-12-14-4-5-15(19)16(20)10-14/h4-5,10,13,21H,6-9,11-12H2,1-3H3. The predicted octanol–water partition coefficient (Wildman–Crippen LogP) is 4.95. The fraction of sp³-hybridized carbons (Fsp3) is 0.611. The molecule has 0 aliphatic carbocycles. The number of likely N-dealkylation sites (tertiary alicyclic amines) is 1. The van der Waals surface area contributed by atoms with Gasteiger partial charge in [-0.1, -0.05) is 6.07 Å². The number of benzene rings is 1. The first-order valence-electron chi connectivity index (χ1n) is 8.37. The van der Waals surface area contributed by atoms with E-state index >= 15 is 0 Å². The van der Waals surface area contributed by atoms with Gasteiger partial charge in [-0.05, 0) is 95.6 Å². The third kappa shape index (κ3) is 6.37. The molecule has 134 valence electrons. The van der Waals surface area contributed by atoms with Crippen LogP contribution in [0.5, 0.6) is 0 Å². The zero-order valence-corrected chi connectivity index (χ0v) is 17.7. The van der Waals surface area contributed by atoms with E-state index in [-0.39, 0.29) is 6.09 Å². The summed E-state index contributed by atoms with van der Waals surface area (Å²) < 4.78 is 7.58. The smallest absolute Gasteiger partial charge is 0.410 e. The molecule has 1 amide bonds. The van der Waals surface area contributed by atoms with Gasteiger partial charge in [0.2, 0.25) is 0 Å². The van der Waals surface area contributed by atoms with Crippen molar-refractivity contribution in [1.82, 2.24) is 10.2 Å². The minimum Gasteiger partial charge on any atom is -0.444 e. The maximum atomic E-state index is 12.1.